The number of pyridine rings is 2. The Kier molecular flexibility index (Phi) is 4.30. The van der Waals surface area contributed by atoms with E-state index in [-0.39, 0.29) is 0 Å². The lowest BCUT2D eigenvalue weighted by atomic mass is 10.1. The maximum absolute atomic E-state index is 5.41. The van der Waals surface area contributed by atoms with Gasteiger partial charge in [-0.25, -0.2) is 4.98 Å². The third-order valence-electron chi connectivity index (χ3n) is 8.13. The Morgan fingerprint density at radius 1 is 0.500 bits per heavy atom. The predicted octanol–water partition coefficient (Wildman–Crippen LogP) is 8.95. The molecule has 0 amide bonds. The Bertz CT molecular complexity index is 2430. The number of hydrogen-bond acceptors (Lipinski definition) is 2. The van der Waals surface area contributed by atoms with Crippen LogP contribution in [0.4, 0.5) is 0 Å². The van der Waals surface area contributed by atoms with Gasteiger partial charge in [0.15, 0.2) is 0 Å². The Hall–Kier alpha value is -5.48. The highest BCUT2D eigenvalue weighted by Gasteiger charge is 2.20. The van der Waals surface area contributed by atoms with Gasteiger partial charge in [0.25, 0.3) is 0 Å². The van der Waals surface area contributed by atoms with Crippen molar-refractivity contribution >= 4 is 60.2 Å². The highest BCUT2D eigenvalue weighted by molar-refractivity contribution is 6.20. The van der Waals surface area contributed by atoms with Crippen molar-refractivity contribution in [3.63, 3.8) is 0 Å². The van der Waals surface area contributed by atoms with E-state index in [1.54, 1.807) is 0 Å². The predicted molar refractivity (Wildman–Crippen MR) is 165 cm³/mol. The first kappa shape index (κ1) is 21.5. The summed E-state index contributed by atoms with van der Waals surface area (Å²) in [6.45, 7) is 0. The molecule has 0 atom stereocenters. The molecule has 186 valence electrons. The van der Waals surface area contributed by atoms with Crippen LogP contribution in [0.1, 0.15) is 0 Å². The number of aromatic nitrogens is 4. The summed E-state index contributed by atoms with van der Waals surface area (Å²) in [7, 11) is 0. The minimum absolute atomic E-state index is 0.959. The lowest BCUT2D eigenvalue weighted by Gasteiger charge is -2.10. The van der Waals surface area contributed by atoms with Crippen molar-refractivity contribution in [2.24, 2.45) is 0 Å². The average molecular weight is 511 g/mol. The van der Waals surface area contributed by atoms with E-state index in [0.717, 1.165) is 55.6 Å². The molecule has 0 fully saturated rings. The van der Waals surface area contributed by atoms with Gasteiger partial charge in [-0.05, 0) is 53.9 Å². The van der Waals surface area contributed by atoms with Crippen molar-refractivity contribution in [2.45, 2.75) is 0 Å². The Morgan fingerprint density at radius 2 is 1.23 bits per heavy atom. The zero-order valence-electron chi connectivity index (χ0n) is 21.5. The number of hydrogen-bond donors (Lipinski definition) is 0. The fourth-order valence-corrected chi connectivity index (χ4v) is 6.43. The summed E-state index contributed by atoms with van der Waals surface area (Å²) in [6, 6.07) is 45.1. The molecular weight excluding hydrogens is 488 g/mol. The van der Waals surface area contributed by atoms with Gasteiger partial charge in [-0.2, -0.15) is 0 Å². The molecule has 4 heterocycles. The van der Waals surface area contributed by atoms with Crippen LogP contribution in [-0.4, -0.2) is 18.9 Å². The van der Waals surface area contributed by atoms with Gasteiger partial charge in [0.05, 0.1) is 27.8 Å². The molecule has 0 spiro atoms. The molecule has 0 aliphatic rings. The van der Waals surface area contributed by atoms with Crippen molar-refractivity contribution in [3.05, 3.63) is 134 Å². The standard InChI is InChI=1S/C36H22N4/c1-2-15-29-25(12-1)26-13-3-6-18-32(26)40-33-20-19-28-27-14-4-5-17-31(27)39(35(28)34(33)38-36(29)40)24-11-9-10-23(22-24)30-16-7-8-21-37-30/h1-22H. The molecule has 0 unspecified atom stereocenters. The Labute approximate surface area is 229 Å². The van der Waals surface area contributed by atoms with Gasteiger partial charge >= 0.3 is 0 Å². The number of nitrogens with zero attached hydrogens (tertiary/aromatic N) is 4. The van der Waals surface area contributed by atoms with Gasteiger partial charge in [-0.15, -0.1) is 0 Å². The number of imidazole rings is 1. The van der Waals surface area contributed by atoms with E-state index in [1.807, 2.05) is 18.3 Å². The third-order valence-corrected chi connectivity index (χ3v) is 8.13. The number of para-hydroxylation sites is 2. The highest BCUT2D eigenvalue weighted by atomic mass is 15.1. The van der Waals surface area contributed by atoms with Gasteiger partial charge in [-0.3, -0.25) is 9.38 Å². The minimum Gasteiger partial charge on any atom is -0.307 e. The molecule has 4 heteroatoms. The molecule has 0 bridgehead atoms. The molecular formula is C36H22N4. The monoisotopic (exact) mass is 510 g/mol. The average Bonchev–Trinajstić information content (AvgIpc) is 3.59. The second-order valence-corrected chi connectivity index (χ2v) is 10.3. The van der Waals surface area contributed by atoms with Gasteiger partial charge in [0, 0.05) is 39.0 Å². The van der Waals surface area contributed by atoms with Crippen LogP contribution < -0.4 is 0 Å². The number of rotatable bonds is 2. The summed E-state index contributed by atoms with van der Waals surface area (Å²) >= 11 is 0. The van der Waals surface area contributed by atoms with Gasteiger partial charge in [0.2, 0.25) is 0 Å². The van der Waals surface area contributed by atoms with Gasteiger partial charge in [-0.1, -0.05) is 78.9 Å². The second kappa shape index (κ2) is 8.01. The van der Waals surface area contributed by atoms with E-state index in [9.17, 15) is 0 Å². The van der Waals surface area contributed by atoms with Gasteiger partial charge < -0.3 is 4.57 Å². The van der Waals surface area contributed by atoms with E-state index in [2.05, 4.69) is 129 Å². The molecule has 4 nitrogen and oxygen atoms in total. The lowest BCUT2D eigenvalue weighted by Crippen LogP contribution is -1.95. The summed E-state index contributed by atoms with van der Waals surface area (Å²) < 4.78 is 4.70. The van der Waals surface area contributed by atoms with Crippen molar-refractivity contribution in [1.29, 1.82) is 0 Å². The zero-order chi connectivity index (χ0) is 26.2. The van der Waals surface area contributed by atoms with Crippen LogP contribution in [0.3, 0.4) is 0 Å². The van der Waals surface area contributed by atoms with Crippen molar-refractivity contribution < 1.29 is 0 Å². The molecule has 4 aromatic heterocycles. The largest absolute Gasteiger partial charge is 0.307 e. The molecule has 40 heavy (non-hydrogen) atoms. The molecule has 9 aromatic rings. The normalized spacial score (nSPS) is 12.0. The molecule has 0 N–H and O–H groups in total. The topological polar surface area (TPSA) is 35.1 Å². The molecule has 0 aliphatic heterocycles. The van der Waals surface area contributed by atoms with Crippen molar-refractivity contribution in [3.8, 4) is 16.9 Å². The maximum Gasteiger partial charge on any atom is 0.146 e. The Balaban J connectivity index is 1.48. The molecule has 5 aromatic carbocycles. The highest BCUT2D eigenvalue weighted by Crippen LogP contribution is 2.39. The molecule has 0 saturated carbocycles. The zero-order valence-corrected chi connectivity index (χ0v) is 21.5. The Morgan fingerprint density at radius 3 is 2.05 bits per heavy atom. The first-order chi connectivity index (χ1) is 19.9. The summed E-state index contributed by atoms with van der Waals surface area (Å²) in [4.78, 5) is 10.0. The fourth-order valence-electron chi connectivity index (χ4n) is 6.43. The molecule has 0 aliphatic carbocycles. The molecule has 9 rings (SSSR count). The first-order valence-electron chi connectivity index (χ1n) is 13.5. The quantitative estimate of drug-likeness (QED) is 0.218. The number of benzene rings is 5. The van der Waals surface area contributed by atoms with Crippen LogP contribution in [-0.2, 0) is 0 Å². The third kappa shape index (κ3) is 2.85. The van der Waals surface area contributed by atoms with Crippen LogP contribution in [0.5, 0.6) is 0 Å². The van der Waals surface area contributed by atoms with Gasteiger partial charge in [0.1, 0.15) is 11.2 Å². The van der Waals surface area contributed by atoms with E-state index in [0.29, 0.717) is 0 Å². The van der Waals surface area contributed by atoms with E-state index in [1.165, 1.54) is 21.5 Å². The summed E-state index contributed by atoms with van der Waals surface area (Å²) in [5, 5.41) is 6.03. The smallest absolute Gasteiger partial charge is 0.146 e. The van der Waals surface area contributed by atoms with Crippen molar-refractivity contribution in [1.82, 2.24) is 18.9 Å². The second-order valence-electron chi connectivity index (χ2n) is 10.3. The van der Waals surface area contributed by atoms with Crippen LogP contribution in [0, 0.1) is 0 Å². The van der Waals surface area contributed by atoms with Crippen LogP contribution in [0.2, 0.25) is 0 Å². The number of fused-ring (bicyclic) bond motifs is 12. The summed E-state index contributed by atoms with van der Waals surface area (Å²) in [5.41, 5.74) is 9.67. The maximum atomic E-state index is 5.41. The van der Waals surface area contributed by atoms with E-state index < -0.39 is 0 Å². The fraction of sp³-hybridized carbons (Fsp3) is 0. The van der Waals surface area contributed by atoms with Crippen molar-refractivity contribution in [2.75, 3.05) is 0 Å². The minimum atomic E-state index is 0.959. The lowest BCUT2D eigenvalue weighted by molar-refractivity contribution is 1.18. The van der Waals surface area contributed by atoms with E-state index >= 15 is 0 Å². The van der Waals surface area contributed by atoms with Crippen LogP contribution in [0.25, 0.3) is 77.1 Å². The first-order valence-corrected chi connectivity index (χ1v) is 13.5. The summed E-state index contributed by atoms with van der Waals surface area (Å²) in [5.74, 6) is 0. The molecule has 0 radical (unpaired) electrons. The van der Waals surface area contributed by atoms with Crippen LogP contribution >= 0.6 is 0 Å². The SMILES string of the molecule is c1ccc(-c2cccc(-n3c4ccccc4c4ccc5c(nc6c7ccccc7c7ccccc7n56)c43)c2)nc1. The summed E-state index contributed by atoms with van der Waals surface area (Å²) in [6.07, 6.45) is 1.84. The van der Waals surface area contributed by atoms with Crippen LogP contribution in [0.15, 0.2) is 134 Å². The van der Waals surface area contributed by atoms with E-state index in [4.69, 9.17) is 4.98 Å². The molecule has 0 saturated heterocycles.